The van der Waals surface area contributed by atoms with E-state index in [9.17, 15) is 9.90 Å². The molecule has 1 aromatic heterocycles. The summed E-state index contributed by atoms with van der Waals surface area (Å²) in [6.07, 6.45) is 1.46. The van der Waals surface area contributed by atoms with Gasteiger partial charge in [0.05, 0.1) is 25.4 Å². The number of hydrogen-bond acceptors (Lipinski definition) is 7. The Morgan fingerprint density at radius 2 is 2.42 bits per heavy atom. The lowest BCUT2D eigenvalue weighted by Gasteiger charge is -2.15. The number of aliphatic imine (C=N–C) groups is 1. The van der Waals surface area contributed by atoms with Crippen molar-refractivity contribution in [2.75, 3.05) is 18.5 Å². The average Bonchev–Trinajstić information content (AvgIpc) is 2.93. The summed E-state index contributed by atoms with van der Waals surface area (Å²) in [5, 5.41) is 21.7. The van der Waals surface area contributed by atoms with Crippen molar-refractivity contribution >= 4 is 17.9 Å². The van der Waals surface area contributed by atoms with Gasteiger partial charge in [-0.1, -0.05) is 0 Å². The lowest BCUT2D eigenvalue weighted by molar-refractivity contribution is -0.0437. The van der Waals surface area contributed by atoms with Crippen molar-refractivity contribution in [3.05, 3.63) is 12.0 Å². The van der Waals surface area contributed by atoms with Gasteiger partial charge >= 0.3 is 0 Å². The van der Waals surface area contributed by atoms with Gasteiger partial charge < -0.3 is 20.3 Å². The number of ether oxygens (including phenoxy) is 1. The first-order chi connectivity index (χ1) is 9.20. The number of hydrogen-bond donors (Lipinski definition) is 3. The molecular formula is C11H14N4O4. The number of fused-ring (bicyclic) bond motifs is 1. The van der Waals surface area contributed by atoms with Gasteiger partial charge in [0.15, 0.2) is 5.69 Å². The fourth-order valence-corrected chi connectivity index (χ4v) is 2.29. The largest absolute Gasteiger partial charge is 0.394 e. The zero-order valence-electron chi connectivity index (χ0n) is 10.1. The maximum absolute atomic E-state index is 11.8. The second kappa shape index (κ2) is 4.72. The van der Waals surface area contributed by atoms with Gasteiger partial charge in [0.1, 0.15) is 24.7 Å². The van der Waals surface area contributed by atoms with Crippen LogP contribution >= 0.6 is 0 Å². The molecule has 1 saturated heterocycles. The van der Waals surface area contributed by atoms with Crippen LogP contribution in [0.5, 0.6) is 0 Å². The van der Waals surface area contributed by atoms with Crippen LogP contribution in [0.4, 0.5) is 5.82 Å². The Labute approximate surface area is 108 Å². The standard InChI is InChI=1S/C11H14N4O4/c16-3-8-6(17)1-9(19-8)15-5-14-10-7(18)2-12-4-13-11(10)15/h4-6,8-9,16-17H,1-3H2,(H,12,13)/t6-,8+,9-/m0/s1. The van der Waals surface area contributed by atoms with Crippen molar-refractivity contribution in [3.8, 4) is 0 Å². The summed E-state index contributed by atoms with van der Waals surface area (Å²) < 4.78 is 7.18. The second-order valence-electron chi connectivity index (χ2n) is 4.50. The third-order valence-electron chi connectivity index (χ3n) is 3.28. The number of aliphatic hydroxyl groups excluding tert-OH is 2. The van der Waals surface area contributed by atoms with Gasteiger partial charge in [-0.25, -0.2) is 4.98 Å². The molecule has 2 aliphatic rings. The summed E-state index contributed by atoms with van der Waals surface area (Å²) in [6.45, 7) is -0.188. The molecule has 19 heavy (non-hydrogen) atoms. The van der Waals surface area contributed by atoms with Gasteiger partial charge in [-0.2, -0.15) is 0 Å². The third kappa shape index (κ3) is 2.03. The van der Waals surface area contributed by atoms with Crippen LogP contribution in [-0.4, -0.2) is 57.2 Å². The summed E-state index contributed by atoms with van der Waals surface area (Å²) in [4.78, 5) is 19.7. The van der Waals surface area contributed by atoms with E-state index >= 15 is 0 Å². The molecule has 0 saturated carbocycles. The Bertz CT molecular complexity index is 527. The molecule has 0 radical (unpaired) electrons. The summed E-state index contributed by atoms with van der Waals surface area (Å²) in [5.41, 5.74) is 0.308. The van der Waals surface area contributed by atoms with E-state index in [-0.39, 0.29) is 18.9 Å². The van der Waals surface area contributed by atoms with Crippen LogP contribution in [0.3, 0.4) is 0 Å². The number of carbonyl (C=O) groups is 1. The Kier molecular flexibility index (Phi) is 3.05. The van der Waals surface area contributed by atoms with Crippen molar-refractivity contribution < 1.29 is 19.7 Å². The van der Waals surface area contributed by atoms with Crippen LogP contribution in [0, 0.1) is 0 Å². The summed E-state index contributed by atoms with van der Waals surface area (Å²) >= 11 is 0. The van der Waals surface area contributed by atoms with Gasteiger partial charge in [0, 0.05) is 6.42 Å². The molecule has 8 heteroatoms. The van der Waals surface area contributed by atoms with Crippen molar-refractivity contribution in [3.63, 3.8) is 0 Å². The smallest absolute Gasteiger partial charge is 0.206 e. The lowest BCUT2D eigenvalue weighted by Crippen LogP contribution is -2.24. The van der Waals surface area contributed by atoms with E-state index in [1.807, 2.05) is 0 Å². The van der Waals surface area contributed by atoms with Crippen LogP contribution in [0.1, 0.15) is 23.1 Å². The Hall–Kier alpha value is -1.77. The fourth-order valence-electron chi connectivity index (χ4n) is 2.29. The van der Waals surface area contributed by atoms with E-state index in [1.54, 1.807) is 4.57 Å². The summed E-state index contributed by atoms with van der Waals surface area (Å²) in [7, 11) is 0. The number of aliphatic hydroxyl groups is 2. The normalized spacial score (nSPS) is 30.0. The first-order valence-corrected chi connectivity index (χ1v) is 6.00. The predicted molar refractivity (Wildman–Crippen MR) is 65.2 cm³/mol. The topological polar surface area (TPSA) is 109 Å². The molecule has 1 fully saturated rings. The van der Waals surface area contributed by atoms with Gasteiger partial charge in [-0.15, -0.1) is 0 Å². The number of anilines is 1. The first-order valence-electron chi connectivity index (χ1n) is 6.00. The molecule has 0 spiro atoms. The minimum absolute atomic E-state index is 0.0599. The summed E-state index contributed by atoms with van der Waals surface area (Å²) in [5.74, 6) is 0.328. The number of rotatable bonds is 2. The number of carbonyl (C=O) groups excluding carboxylic acids is 1. The Morgan fingerprint density at radius 3 is 3.16 bits per heavy atom. The van der Waals surface area contributed by atoms with Gasteiger partial charge in [-0.05, 0) is 0 Å². The van der Waals surface area contributed by atoms with Crippen LogP contribution in [0.2, 0.25) is 0 Å². The van der Waals surface area contributed by atoms with Crippen LogP contribution < -0.4 is 5.32 Å². The highest BCUT2D eigenvalue weighted by Gasteiger charge is 2.36. The number of Topliss-reactive ketones (excluding diaryl/α,β-unsaturated/α-hetero) is 1. The number of aromatic nitrogens is 2. The highest BCUT2D eigenvalue weighted by atomic mass is 16.5. The Balaban J connectivity index is 1.91. The minimum Gasteiger partial charge on any atom is -0.394 e. The second-order valence-corrected chi connectivity index (χ2v) is 4.50. The highest BCUT2D eigenvalue weighted by Crippen LogP contribution is 2.32. The molecule has 0 amide bonds. The maximum Gasteiger partial charge on any atom is 0.206 e. The Morgan fingerprint density at radius 1 is 1.58 bits per heavy atom. The number of nitrogens with one attached hydrogen (secondary N) is 1. The predicted octanol–water partition coefficient (Wildman–Crippen LogP) is -0.840. The molecule has 0 aliphatic carbocycles. The molecule has 3 heterocycles. The van der Waals surface area contributed by atoms with E-state index in [0.29, 0.717) is 17.9 Å². The molecule has 1 aromatic rings. The zero-order valence-corrected chi connectivity index (χ0v) is 10.1. The highest BCUT2D eigenvalue weighted by molar-refractivity contribution is 6.04. The van der Waals surface area contributed by atoms with Gasteiger partial charge in [-0.3, -0.25) is 14.4 Å². The van der Waals surface area contributed by atoms with Crippen molar-refractivity contribution in [1.82, 2.24) is 9.55 Å². The number of nitrogens with zero attached hydrogens (tertiary/aromatic N) is 3. The summed E-state index contributed by atoms with van der Waals surface area (Å²) in [6, 6.07) is 0. The monoisotopic (exact) mass is 266 g/mol. The zero-order chi connectivity index (χ0) is 13.4. The molecule has 8 nitrogen and oxygen atoms in total. The molecular weight excluding hydrogens is 252 g/mol. The van der Waals surface area contributed by atoms with Crippen LogP contribution in [0.15, 0.2) is 11.3 Å². The fraction of sp³-hybridized carbons (Fsp3) is 0.545. The molecule has 3 atom stereocenters. The van der Waals surface area contributed by atoms with E-state index < -0.39 is 18.4 Å². The van der Waals surface area contributed by atoms with Crippen molar-refractivity contribution in [2.24, 2.45) is 4.99 Å². The van der Waals surface area contributed by atoms with Crippen molar-refractivity contribution in [2.45, 2.75) is 24.9 Å². The van der Waals surface area contributed by atoms with Crippen LogP contribution in [-0.2, 0) is 4.74 Å². The average molecular weight is 266 g/mol. The third-order valence-corrected chi connectivity index (χ3v) is 3.28. The van der Waals surface area contributed by atoms with E-state index in [0.717, 1.165) is 0 Å². The molecule has 3 N–H and O–H groups in total. The minimum atomic E-state index is -0.733. The van der Waals surface area contributed by atoms with E-state index in [4.69, 9.17) is 9.84 Å². The number of imidazole rings is 1. The van der Waals surface area contributed by atoms with E-state index in [2.05, 4.69) is 15.3 Å². The maximum atomic E-state index is 11.8. The lowest BCUT2D eigenvalue weighted by atomic mass is 10.2. The van der Waals surface area contributed by atoms with E-state index in [1.165, 1.54) is 12.7 Å². The first kappa shape index (κ1) is 12.3. The molecule has 3 rings (SSSR count). The molecule has 102 valence electrons. The number of ketones is 1. The molecule has 0 aromatic carbocycles. The van der Waals surface area contributed by atoms with Crippen LogP contribution in [0.25, 0.3) is 0 Å². The van der Waals surface area contributed by atoms with Gasteiger partial charge in [0.25, 0.3) is 0 Å². The molecule has 2 aliphatic heterocycles. The SMILES string of the molecule is O=C1CN=CNc2c1ncn2[C@@H]1C[C@H](O)[C@@H](CO)O1. The quantitative estimate of drug-likeness (QED) is 0.644. The van der Waals surface area contributed by atoms with Crippen molar-refractivity contribution in [1.29, 1.82) is 0 Å². The van der Waals surface area contributed by atoms with Gasteiger partial charge in [0.2, 0.25) is 5.78 Å². The molecule has 0 bridgehead atoms. The molecule has 0 unspecified atom stereocenters.